The van der Waals surface area contributed by atoms with Crippen molar-refractivity contribution in [1.82, 2.24) is 4.98 Å². The van der Waals surface area contributed by atoms with Gasteiger partial charge in [0, 0.05) is 5.56 Å². The lowest BCUT2D eigenvalue weighted by atomic mass is 10.1. The van der Waals surface area contributed by atoms with Gasteiger partial charge in [0.15, 0.2) is 24.4 Å². The highest BCUT2D eigenvalue weighted by atomic mass is 16.5. The zero-order valence-corrected chi connectivity index (χ0v) is 12.3. The molecule has 0 atom stereocenters. The van der Waals surface area contributed by atoms with Gasteiger partial charge in [0.25, 0.3) is 0 Å². The Morgan fingerprint density at radius 2 is 1.83 bits per heavy atom. The lowest BCUT2D eigenvalue weighted by Crippen LogP contribution is -2.14. The number of fused-ring (bicyclic) bond motifs is 1. The van der Waals surface area contributed by atoms with Gasteiger partial charge in [-0.1, -0.05) is 0 Å². The number of hydrogen-bond donors (Lipinski definition) is 0. The third kappa shape index (κ3) is 3.21. The molecule has 1 heterocycles. The summed E-state index contributed by atoms with van der Waals surface area (Å²) >= 11 is 0. The largest absolute Gasteiger partial charge is 0.497 e. The van der Waals surface area contributed by atoms with Gasteiger partial charge in [-0.05, 0) is 42.5 Å². The number of methoxy groups -OCH3 is 1. The fourth-order valence-electron chi connectivity index (χ4n) is 2.06. The Hall–Kier alpha value is -3.15. The first-order chi connectivity index (χ1) is 11.2. The molecule has 0 bridgehead atoms. The van der Waals surface area contributed by atoms with Crippen LogP contribution >= 0.6 is 0 Å². The van der Waals surface area contributed by atoms with Gasteiger partial charge in [-0.2, -0.15) is 0 Å². The first-order valence-corrected chi connectivity index (χ1v) is 6.85. The highest BCUT2D eigenvalue weighted by molar-refractivity contribution is 6.00. The third-order valence-corrected chi connectivity index (χ3v) is 3.31. The second kappa shape index (κ2) is 6.31. The summed E-state index contributed by atoms with van der Waals surface area (Å²) in [7, 11) is 1.55. The van der Waals surface area contributed by atoms with E-state index in [2.05, 4.69) is 4.98 Å². The van der Waals surface area contributed by atoms with Crippen LogP contribution in [0.2, 0.25) is 0 Å². The number of benzene rings is 2. The van der Waals surface area contributed by atoms with E-state index in [4.69, 9.17) is 13.9 Å². The predicted molar refractivity (Wildman–Crippen MR) is 81.6 cm³/mol. The summed E-state index contributed by atoms with van der Waals surface area (Å²) < 4.78 is 15.2. The van der Waals surface area contributed by atoms with E-state index in [9.17, 15) is 9.59 Å². The van der Waals surface area contributed by atoms with E-state index < -0.39 is 5.97 Å². The molecule has 116 valence electrons. The maximum Gasteiger partial charge on any atom is 0.338 e. The van der Waals surface area contributed by atoms with E-state index in [1.165, 1.54) is 12.5 Å². The lowest BCUT2D eigenvalue weighted by Gasteiger charge is -2.05. The van der Waals surface area contributed by atoms with Crippen molar-refractivity contribution >= 4 is 22.9 Å². The first-order valence-electron chi connectivity index (χ1n) is 6.85. The van der Waals surface area contributed by atoms with Crippen LogP contribution in [0.4, 0.5) is 0 Å². The van der Waals surface area contributed by atoms with E-state index >= 15 is 0 Å². The molecule has 23 heavy (non-hydrogen) atoms. The molecular formula is C17H13NO5. The molecule has 0 fully saturated rings. The van der Waals surface area contributed by atoms with Gasteiger partial charge in [-0.3, -0.25) is 4.79 Å². The zero-order chi connectivity index (χ0) is 16.2. The summed E-state index contributed by atoms with van der Waals surface area (Å²) in [5.41, 5.74) is 1.89. The minimum atomic E-state index is -0.592. The molecule has 0 spiro atoms. The number of carbonyl (C=O) groups excluding carboxylic acids is 2. The van der Waals surface area contributed by atoms with E-state index in [-0.39, 0.29) is 12.4 Å². The molecule has 2 aromatic carbocycles. The molecule has 0 aliphatic carbocycles. The standard InChI is InChI=1S/C17H13NO5/c1-21-13-5-2-11(3-6-13)15(19)9-22-17(20)12-4-7-14-16(8-12)23-10-18-14/h2-8,10H,9H2,1H3. The lowest BCUT2D eigenvalue weighted by molar-refractivity contribution is 0.0475. The minimum Gasteiger partial charge on any atom is -0.497 e. The SMILES string of the molecule is COc1ccc(C(=O)COC(=O)c2ccc3ncoc3c2)cc1. The van der Waals surface area contributed by atoms with Gasteiger partial charge in [0.05, 0.1) is 12.7 Å². The Bertz CT molecular complexity index is 851. The van der Waals surface area contributed by atoms with Crippen molar-refractivity contribution in [2.45, 2.75) is 0 Å². The average Bonchev–Trinajstić information content (AvgIpc) is 3.07. The van der Waals surface area contributed by atoms with Crippen LogP contribution in [0.25, 0.3) is 11.1 Å². The van der Waals surface area contributed by atoms with E-state index in [0.717, 1.165) is 0 Å². The van der Waals surface area contributed by atoms with Crippen molar-refractivity contribution < 1.29 is 23.5 Å². The van der Waals surface area contributed by atoms with Crippen LogP contribution in [0.5, 0.6) is 5.75 Å². The van der Waals surface area contributed by atoms with Crippen molar-refractivity contribution in [3.63, 3.8) is 0 Å². The Morgan fingerprint density at radius 3 is 2.57 bits per heavy atom. The van der Waals surface area contributed by atoms with E-state index in [0.29, 0.717) is 28.0 Å². The molecule has 3 aromatic rings. The molecule has 0 saturated carbocycles. The fraction of sp³-hybridized carbons (Fsp3) is 0.118. The number of Topliss-reactive ketones (excluding diaryl/α,β-unsaturated/α-hetero) is 1. The topological polar surface area (TPSA) is 78.6 Å². The average molecular weight is 311 g/mol. The summed E-state index contributed by atoms with van der Waals surface area (Å²) in [6.45, 7) is -0.334. The number of rotatable bonds is 5. The molecular weight excluding hydrogens is 298 g/mol. The molecule has 0 N–H and O–H groups in total. The molecule has 0 amide bonds. The van der Waals surface area contributed by atoms with Gasteiger partial charge in [0.1, 0.15) is 11.3 Å². The van der Waals surface area contributed by atoms with Crippen LogP contribution in [-0.4, -0.2) is 30.5 Å². The molecule has 6 heteroatoms. The number of hydrogen-bond acceptors (Lipinski definition) is 6. The summed E-state index contributed by atoms with van der Waals surface area (Å²) in [5, 5.41) is 0. The molecule has 0 radical (unpaired) electrons. The van der Waals surface area contributed by atoms with Crippen LogP contribution in [0, 0.1) is 0 Å². The van der Waals surface area contributed by atoms with Gasteiger partial charge in [0.2, 0.25) is 0 Å². The minimum absolute atomic E-state index is 0.290. The molecule has 0 aliphatic heterocycles. The number of carbonyl (C=O) groups is 2. The molecule has 0 unspecified atom stereocenters. The van der Waals surface area contributed by atoms with Crippen LogP contribution in [-0.2, 0) is 4.74 Å². The van der Waals surface area contributed by atoms with Crippen LogP contribution < -0.4 is 4.74 Å². The van der Waals surface area contributed by atoms with Crippen molar-refractivity contribution in [2.75, 3.05) is 13.7 Å². The van der Waals surface area contributed by atoms with Crippen molar-refractivity contribution in [1.29, 1.82) is 0 Å². The van der Waals surface area contributed by atoms with Gasteiger partial charge in [-0.15, -0.1) is 0 Å². The predicted octanol–water partition coefficient (Wildman–Crippen LogP) is 2.88. The van der Waals surface area contributed by atoms with Gasteiger partial charge >= 0.3 is 5.97 Å². The van der Waals surface area contributed by atoms with Crippen LogP contribution in [0.1, 0.15) is 20.7 Å². The van der Waals surface area contributed by atoms with Crippen molar-refractivity contribution in [3.05, 3.63) is 60.0 Å². The van der Waals surface area contributed by atoms with Crippen LogP contribution in [0.15, 0.2) is 53.3 Å². The van der Waals surface area contributed by atoms with Crippen molar-refractivity contribution in [3.8, 4) is 5.75 Å². The smallest absolute Gasteiger partial charge is 0.338 e. The van der Waals surface area contributed by atoms with Gasteiger partial charge in [-0.25, -0.2) is 9.78 Å². The molecule has 0 aliphatic rings. The molecule has 6 nitrogen and oxygen atoms in total. The van der Waals surface area contributed by atoms with Crippen molar-refractivity contribution in [2.24, 2.45) is 0 Å². The van der Waals surface area contributed by atoms with E-state index in [1.54, 1.807) is 43.5 Å². The first kappa shape index (κ1) is 14.8. The number of nitrogens with zero attached hydrogens (tertiary/aromatic N) is 1. The Morgan fingerprint density at radius 1 is 1.09 bits per heavy atom. The summed E-state index contributed by atoms with van der Waals surface area (Å²) in [4.78, 5) is 28.0. The van der Waals surface area contributed by atoms with Gasteiger partial charge < -0.3 is 13.9 Å². The maximum absolute atomic E-state index is 12.0. The Labute approximate surface area is 131 Å². The normalized spacial score (nSPS) is 10.5. The summed E-state index contributed by atoms with van der Waals surface area (Å²) in [6, 6.07) is 11.3. The number of ether oxygens (including phenoxy) is 2. The van der Waals surface area contributed by atoms with E-state index in [1.807, 2.05) is 0 Å². The summed E-state index contributed by atoms with van der Waals surface area (Å²) in [5.74, 6) is -0.231. The quantitative estimate of drug-likeness (QED) is 0.532. The zero-order valence-electron chi connectivity index (χ0n) is 12.3. The highest BCUT2D eigenvalue weighted by Crippen LogP contribution is 2.15. The second-order valence-electron chi connectivity index (χ2n) is 4.76. The maximum atomic E-state index is 12.0. The number of aromatic nitrogens is 1. The molecule has 0 saturated heterocycles. The number of ketones is 1. The third-order valence-electron chi connectivity index (χ3n) is 3.31. The number of esters is 1. The Kier molecular flexibility index (Phi) is 4.05. The fourth-order valence-corrected chi connectivity index (χ4v) is 2.06. The summed E-state index contributed by atoms with van der Waals surface area (Å²) in [6.07, 6.45) is 1.30. The molecule has 1 aromatic heterocycles. The van der Waals surface area contributed by atoms with Crippen LogP contribution in [0.3, 0.4) is 0 Å². The monoisotopic (exact) mass is 311 g/mol. The number of oxazole rings is 1. The molecule has 3 rings (SSSR count). The highest BCUT2D eigenvalue weighted by Gasteiger charge is 2.13. The Balaban J connectivity index is 1.64. The second-order valence-corrected chi connectivity index (χ2v) is 4.76.